The van der Waals surface area contributed by atoms with Crippen LogP contribution in [0.25, 0.3) is 0 Å². The molecule has 112 valence electrons. The van der Waals surface area contributed by atoms with Crippen molar-refractivity contribution in [1.29, 1.82) is 0 Å². The van der Waals surface area contributed by atoms with Gasteiger partial charge < -0.3 is 5.32 Å². The van der Waals surface area contributed by atoms with Gasteiger partial charge in [-0.2, -0.15) is 5.10 Å². The third kappa shape index (κ3) is 3.85. The summed E-state index contributed by atoms with van der Waals surface area (Å²) in [6, 6.07) is 9.66. The minimum atomic E-state index is -0.338. The molecule has 0 fully saturated rings. The number of carbonyl (C=O) groups excluding carboxylic acids is 1. The minimum Gasteiger partial charge on any atom is -0.347 e. The molecule has 2 rings (SSSR count). The van der Waals surface area contributed by atoms with E-state index in [-0.39, 0.29) is 18.0 Å². The van der Waals surface area contributed by atoms with Crippen LogP contribution in [0.3, 0.4) is 0 Å². The first-order valence-corrected chi connectivity index (χ1v) is 7.58. The average molecular weight is 306 g/mol. The summed E-state index contributed by atoms with van der Waals surface area (Å²) in [5.41, 5.74) is 1.11. The average Bonchev–Trinajstić information content (AvgIpc) is 2.92. The largest absolute Gasteiger partial charge is 0.347 e. The highest BCUT2D eigenvalue weighted by Gasteiger charge is 2.22. The highest BCUT2D eigenvalue weighted by molar-refractivity contribution is 6.30. The zero-order valence-corrected chi connectivity index (χ0v) is 13.0. The van der Waals surface area contributed by atoms with Gasteiger partial charge in [0.05, 0.1) is 17.3 Å². The molecular formula is C16H20ClN3O. The highest BCUT2D eigenvalue weighted by Crippen LogP contribution is 2.19. The summed E-state index contributed by atoms with van der Waals surface area (Å²) in [4.78, 5) is 12.5. The fourth-order valence-corrected chi connectivity index (χ4v) is 2.50. The monoisotopic (exact) mass is 305 g/mol. The van der Waals surface area contributed by atoms with E-state index >= 15 is 0 Å². The van der Waals surface area contributed by atoms with Crippen LogP contribution in [0.1, 0.15) is 44.3 Å². The van der Waals surface area contributed by atoms with E-state index in [1.54, 1.807) is 17.1 Å². The van der Waals surface area contributed by atoms with Gasteiger partial charge in [-0.1, -0.05) is 55.8 Å². The fraction of sp³-hybridized carbons (Fsp3) is 0.375. The number of rotatable bonds is 6. The van der Waals surface area contributed by atoms with E-state index in [1.165, 1.54) is 0 Å². The lowest BCUT2D eigenvalue weighted by atomic mass is 10.0. The number of benzene rings is 1. The van der Waals surface area contributed by atoms with E-state index < -0.39 is 0 Å². The smallest absolute Gasteiger partial charge is 0.245 e. The molecule has 4 nitrogen and oxygen atoms in total. The second-order valence-electron chi connectivity index (χ2n) is 4.94. The van der Waals surface area contributed by atoms with Gasteiger partial charge in [0, 0.05) is 6.20 Å². The number of nitrogens with zero attached hydrogens (tertiary/aromatic N) is 2. The Kier molecular flexibility index (Phi) is 5.39. The van der Waals surface area contributed by atoms with Crippen LogP contribution in [-0.4, -0.2) is 15.7 Å². The predicted octanol–water partition coefficient (Wildman–Crippen LogP) is 3.76. The zero-order valence-electron chi connectivity index (χ0n) is 12.3. The van der Waals surface area contributed by atoms with Gasteiger partial charge in [0.25, 0.3) is 0 Å². The number of nitrogens with one attached hydrogen (secondary N) is 1. The Labute approximate surface area is 130 Å². The summed E-state index contributed by atoms with van der Waals surface area (Å²) >= 11 is 5.88. The maximum Gasteiger partial charge on any atom is 0.245 e. The van der Waals surface area contributed by atoms with Crippen molar-refractivity contribution in [3.05, 3.63) is 53.3 Å². The van der Waals surface area contributed by atoms with Crippen molar-refractivity contribution < 1.29 is 4.79 Å². The molecule has 0 saturated heterocycles. The van der Waals surface area contributed by atoms with Crippen molar-refractivity contribution in [3.63, 3.8) is 0 Å². The Balaban J connectivity index is 2.11. The first kappa shape index (κ1) is 15.6. The van der Waals surface area contributed by atoms with Gasteiger partial charge in [-0.15, -0.1) is 0 Å². The summed E-state index contributed by atoms with van der Waals surface area (Å²) in [5.74, 6) is -0.0343. The van der Waals surface area contributed by atoms with E-state index in [0.717, 1.165) is 12.0 Å². The highest BCUT2D eigenvalue weighted by atomic mass is 35.5. The molecule has 0 aliphatic heterocycles. The molecule has 2 unspecified atom stereocenters. The molecule has 0 spiro atoms. The van der Waals surface area contributed by atoms with Crippen LogP contribution in [0.15, 0.2) is 42.7 Å². The van der Waals surface area contributed by atoms with Gasteiger partial charge in [0.15, 0.2) is 0 Å². The standard InChI is InChI=1S/C16H20ClN3O/c1-3-14(12-8-6-5-7-9-12)19-16(21)15(4-2)20-11-13(17)10-18-20/h5-11,14-15H,3-4H2,1-2H3,(H,19,21). The van der Waals surface area contributed by atoms with Gasteiger partial charge in [0.2, 0.25) is 5.91 Å². The maximum absolute atomic E-state index is 12.5. The Morgan fingerprint density at radius 1 is 1.29 bits per heavy atom. The molecule has 1 amide bonds. The molecule has 0 saturated carbocycles. The van der Waals surface area contributed by atoms with E-state index in [4.69, 9.17) is 11.6 Å². The Hall–Kier alpha value is -1.81. The Morgan fingerprint density at radius 2 is 2.00 bits per heavy atom. The van der Waals surface area contributed by atoms with Crippen LogP contribution < -0.4 is 5.32 Å². The van der Waals surface area contributed by atoms with Crippen molar-refractivity contribution in [2.24, 2.45) is 0 Å². The van der Waals surface area contributed by atoms with Gasteiger partial charge in [-0.05, 0) is 18.4 Å². The molecule has 2 atom stereocenters. The lowest BCUT2D eigenvalue weighted by molar-refractivity contribution is -0.125. The quantitative estimate of drug-likeness (QED) is 0.883. The molecular weight excluding hydrogens is 286 g/mol. The normalized spacial score (nSPS) is 13.7. The van der Waals surface area contributed by atoms with E-state index in [9.17, 15) is 4.79 Å². The number of hydrogen-bond acceptors (Lipinski definition) is 2. The maximum atomic E-state index is 12.5. The number of aromatic nitrogens is 2. The number of halogens is 1. The zero-order chi connectivity index (χ0) is 15.2. The summed E-state index contributed by atoms with van der Waals surface area (Å²) in [7, 11) is 0. The van der Waals surface area contributed by atoms with Crippen LogP contribution in [0.4, 0.5) is 0 Å². The van der Waals surface area contributed by atoms with Crippen molar-refractivity contribution in [3.8, 4) is 0 Å². The van der Waals surface area contributed by atoms with Gasteiger partial charge >= 0.3 is 0 Å². The van der Waals surface area contributed by atoms with Crippen molar-refractivity contribution in [2.75, 3.05) is 0 Å². The number of carbonyl (C=O) groups is 1. The summed E-state index contributed by atoms with van der Waals surface area (Å²) in [6.45, 7) is 4.02. The lowest BCUT2D eigenvalue weighted by Gasteiger charge is -2.21. The number of amides is 1. The summed E-state index contributed by atoms with van der Waals surface area (Å²) in [6.07, 6.45) is 4.73. The molecule has 5 heteroatoms. The molecule has 0 aliphatic rings. The van der Waals surface area contributed by atoms with Crippen LogP contribution >= 0.6 is 11.6 Å². The van der Waals surface area contributed by atoms with Crippen LogP contribution in [0, 0.1) is 0 Å². The number of hydrogen-bond donors (Lipinski definition) is 1. The van der Waals surface area contributed by atoms with E-state index in [0.29, 0.717) is 11.4 Å². The van der Waals surface area contributed by atoms with Gasteiger partial charge in [-0.3, -0.25) is 9.48 Å². The topological polar surface area (TPSA) is 46.9 Å². The van der Waals surface area contributed by atoms with Gasteiger partial charge in [-0.25, -0.2) is 0 Å². The Bertz CT molecular complexity index is 582. The summed E-state index contributed by atoms with van der Waals surface area (Å²) < 4.78 is 1.62. The molecule has 1 aromatic carbocycles. The predicted molar refractivity (Wildman–Crippen MR) is 84.2 cm³/mol. The third-order valence-electron chi connectivity index (χ3n) is 3.51. The molecule has 1 aromatic heterocycles. The summed E-state index contributed by atoms with van der Waals surface area (Å²) in [5, 5.41) is 7.77. The minimum absolute atomic E-state index is 0.0128. The molecule has 1 heterocycles. The van der Waals surface area contributed by atoms with Crippen molar-refractivity contribution in [1.82, 2.24) is 15.1 Å². The second-order valence-corrected chi connectivity index (χ2v) is 5.38. The van der Waals surface area contributed by atoms with Crippen LogP contribution in [0.5, 0.6) is 0 Å². The van der Waals surface area contributed by atoms with Crippen molar-refractivity contribution in [2.45, 2.75) is 38.8 Å². The fourth-order valence-electron chi connectivity index (χ4n) is 2.35. The first-order chi connectivity index (χ1) is 10.2. The Morgan fingerprint density at radius 3 is 2.52 bits per heavy atom. The molecule has 21 heavy (non-hydrogen) atoms. The SMILES string of the molecule is CCC(NC(=O)C(CC)n1cc(Cl)cn1)c1ccccc1. The molecule has 0 bridgehead atoms. The molecule has 2 aromatic rings. The molecule has 0 radical (unpaired) electrons. The van der Waals surface area contributed by atoms with Crippen molar-refractivity contribution >= 4 is 17.5 Å². The first-order valence-electron chi connectivity index (χ1n) is 7.20. The molecule has 1 N–H and O–H groups in total. The van der Waals surface area contributed by atoms with Crippen LogP contribution in [-0.2, 0) is 4.79 Å². The van der Waals surface area contributed by atoms with Crippen LogP contribution in [0.2, 0.25) is 5.02 Å². The van der Waals surface area contributed by atoms with E-state index in [1.807, 2.05) is 37.3 Å². The lowest BCUT2D eigenvalue weighted by Crippen LogP contribution is -2.35. The van der Waals surface area contributed by atoms with E-state index in [2.05, 4.69) is 17.3 Å². The third-order valence-corrected chi connectivity index (χ3v) is 3.70. The second kappa shape index (κ2) is 7.27. The van der Waals surface area contributed by atoms with Gasteiger partial charge in [0.1, 0.15) is 6.04 Å². The molecule has 0 aliphatic carbocycles.